The van der Waals surface area contributed by atoms with Crippen LogP contribution in [0.1, 0.15) is 11.3 Å². The molecule has 3 rings (SSSR count). The van der Waals surface area contributed by atoms with Gasteiger partial charge in [-0.05, 0) is 36.8 Å². The second kappa shape index (κ2) is 8.30. The average molecular weight is 374 g/mol. The highest BCUT2D eigenvalue weighted by molar-refractivity contribution is 7.99. The number of thioether (sulfide) groups is 1. The number of aromatic amines is 1. The molecule has 3 aromatic rings. The number of carbonyl (C=O) groups excluding carboxylic acids is 1. The first-order chi connectivity index (χ1) is 12.6. The number of rotatable bonds is 7. The number of carbonyl (C=O) groups is 1. The van der Waals surface area contributed by atoms with Crippen LogP contribution in [0.5, 0.6) is 0 Å². The number of amides is 1. The zero-order valence-electron chi connectivity index (χ0n) is 13.7. The highest BCUT2D eigenvalue weighted by Crippen LogP contribution is 2.18. The van der Waals surface area contributed by atoms with E-state index in [0.29, 0.717) is 22.6 Å². The van der Waals surface area contributed by atoms with Crippen molar-refractivity contribution in [3.8, 4) is 0 Å². The van der Waals surface area contributed by atoms with Crippen molar-refractivity contribution in [1.29, 1.82) is 0 Å². The second-order valence-corrected chi connectivity index (χ2v) is 6.09. The number of anilines is 2. The maximum Gasteiger partial charge on any atom is 0.240 e. The minimum Gasteiger partial charge on any atom is -0.463 e. The molecule has 1 amide bonds. The highest BCUT2D eigenvalue weighted by atomic mass is 32.2. The Labute approximate surface area is 152 Å². The normalized spacial score (nSPS) is 11.0. The van der Waals surface area contributed by atoms with E-state index in [-0.39, 0.29) is 11.7 Å². The number of H-pyrrole nitrogens is 1. The van der Waals surface area contributed by atoms with Gasteiger partial charge in [-0.2, -0.15) is 10.1 Å². The van der Waals surface area contributed by atoms with Crippen LogP contribution in [-0.2, 0) is 4.79 Å². The zero-order chi connectivity index (χ0) is 18.4. The van der Waals surface area contributed by atoms with Crippen molar-refractivity contribution in [1.82, 2.24) is 15.2 Å². The fourth-order valence-corrected chi connectivity index (χ4v) is 2.53. The number of benzene rings is 1. The maximum absolute atomic E-state index is 13.2. The van der Waals surface area contributed by atoms with Crippen molar-refractivity contribution in [2.45, 2.75) is 12.1 Å². The van der Waals surface area contributed by atoms with Crippen LogP contribution >= 0.6 is 11.8 Å². The molecule has 134 valence electrons. The molecule has 0 aliphatic carbocycles. The predicted octanol–water partition coefficient (Wildman–Crippen LogP) is 3.02. The number of furan rings is 1. The van der Waals surface area contributed by atoms with Crippen molar-refractivity contribution in [3.63, 3.8) is 0 Å². The third-order valence-corrected chi connectivity index (χ3v) is 4.02. The van der Waals surface area contributed by atoms with Crippen molar-refractivity contribution in [2.24, 2.45) is 5.10 Å². The monoisotopic (exact) mass is 374 g/mol. The largest absolute Gasteiger partial charge is 0.463 e. The number of hydrogen-bond donors (Lipinski definition) is 3. The molecule has 0 bridgehead atoms. The summed E-state index contributed by atoms with van der Waals surface area (Å²) in [5.74, 6) is 0.327. The SMILES string of the molecule is Cc1ccc(F)cc1NC(=O)CSc1n[nH]c(N/N=C\c2ccco2)n1. The molecule has 0 saturated carbocycles. The van der Waals surface area contributed by atoms with Gasteiger partial charge in [-0.15, -0.1) is 5.10 Å². The second-order valence-electron chi connectivity index (χ2n) is 5.15. The van der Waals surface area contributed by atoms with Gasteiger partial charge in [0.15, 0.2) is 0 Å². The number of aromatic nitrogens is 3. The molecule has 2 heterocycles. The Morgan fingerprint density at radius 2 is 2.35 bits per heavy atom. The minimum absolute atomic E-state index is 0.0862. The van der Waals surface area contributed by atoms with Crippen LogP contribution in [0.25, 0.3) is 0 Å². The van der Waals surface area contributed by atoms with Gasteiger partial charge in [-0.1, -0.05) is 17.8 Å². The van der Waals surface area contributed by atoms with Gasteiger partial charge in [0, 0.05) is 5.69 Å². The summed E-state index contributed by atoms with van der Waals surface area (Å²) in [6.07, 6.45) is 3.03. The Morgan fingerprint density at radius 1 is 1.46 bits per heavy atom. The number of hydrazone groups is 1. The lowest BCUT2D eigenvalue weighted by Crippen LogP contribution is -2.15. The molecule has 1 aromatic carbocycles. The van der Waals surface area contributed by atoms with E-state index in [1.165, 1.54) is 18.3 Å². The first-order valence-corrected chi connectivity index (χ1v) is 8.52. The Morgan fingerprint density at radius 3 is 3.15 bits per heavy atom. The molecule has 3 N–H and O–H groups in total. The number of halogens is 1. The van der Waals surface area contributed by atoms with Gasteiger partial charge < -0.3 is 9.73 Å². The summed E-state index contributed by atoms with van der Waals surface area (Å²) in [6, 6.07) is 7.74. The fourth-order valence-electron chi connectivity index (χ4n) is 1.93. The summed E-state index contributed by atoms with van der Waals surface area (Å²) < 4.78 is 18.3. The van der Waals surface area contributed by atoms with E-state index in [2.05, 4.69) is 31.0 Å². The molecule has 0 aliphatic heterocycles. The van der Waals surface area contributed by atoms with Gasteiger partial charge in [0.25, 0.3) is 0 Å². The topological polar surface area (TPSA) is 108 Å². The first-order valence-electron chi connectivity index (χ1n) is 7.54. The van der Waals surface area contributed by atoms with Gasteiger partial charge in [0.2, 0.25) is 17.0 Å². The molecular formula is C16H15FN6O2S. The van der Waals surface area contributed by atoms with E-state index in [0.717, 1.165) is 17.3 Å². The summed E-state index contributed by atoms with van der Waals surface area (Å²) >= 11 is 1.14. The quantitative estimate of drug-likeness (QED) is 0.333. The molecule has 26 heavy (non-hydrogen) atoms. The van der Waals surface area contributed by atoms with Gasteiger partial charge >= 0.3 is 0 Å². The number of aryl methyl sites for hydroxylation is 1. The molecular weight excluding hydrogens is 359 g/mol. The van der Waals surface area contributed by atoms with E-state index in [9.17, 15) is 9.18 Å². The predicted molar refractivity (Wildman–Crippen MR) is 96.8 cm³/mol. The van der Waals surface area contributed by atoms with Gasteiger partial charge in [0.1, 0.15) is 11.6 Å². The molecule has 0 saturated heterocycles. The van der Waals surface area contributed by atoms with Crippen LogP contribution in [0.2, 0.25) is 0 Å². The minimum atomic E-state index is -0.404. The van der Waals surface area contributed by atoms with Gasteiger partial charge in [-0.3, -0.25) is 4.79 Å². The number of hydrogen-bond acceptors (Lipinski definition) is 7. The summed E-state index contributed by atoms with van der Waals surface area (Å²) in [6.45, 7) is 1.79. The van der Waals surface area contributed by atoms with Crippen LogP contribution < -0.4 is 10.7 Å². The lowest BCUT2D eigenvalue weighted by molar-refractivity contribution is -0.113. The van der Waals surface area contributed by atoms with Crippen molar-refractivity contribution < 1.29 is 13.6 Å². The van der Waals surface area contributed by atoms with E-state index < -0.39 is 5.82 Å². The number of nitrogens with zero attached hydrogens (tertiary/aromatic N) is 3. The van der Waals surface area contributed by atoms with Crippen molar-refractivity contribution >= 4 is 35.5 Å². The van der Waals surface area contributed by atoms with Crippen LogP contribution in [0.4, 0.5) is 16.0 Å². The van der Waals surface area contributed by atoms with Gasteiger partial charge in [-0.25, -0.2) is 14.9 Å². The number of nitrogens with one attached hydrogen (secondary N) is 3. The summed E-state index contributed by atoms with van der Waals surface area (Å²) in [7, 11) is 0. The highest BCUT2D eigenvalue weighted by Gasteiger charge is 2.09. The zero-order valence-corrected chi connectivity index (χ0v) is 14.5. The summed E-state index contributed by atoms with van der Waals surface area (Å²) in [5, 5.41) is 13.6. The Hall–Kier alpha value is -3.14. The average Bonchev–Trinajstić information content (AvgIpc) is 3.28. The van der Waals surface area contributed by atoms with E-state index in [4.69, 9.17) is 4.42 Å². The van der Waals surface area contributed by atoms with E-state index in [1.807, 2.05) is 0 Å². The summed E-state index contributed by atoms with van der Waals surface area (Å²) in [4.78, 5) is 16.1. The Balaban J connectivity index is 1.48. The van der Waals surface area contributed by atoms with E-state index in [1.54, 1.807) is 31.4 Å². The fraction of sp³-hybridized carbons (Fsp3) is 0.125. The molecule has 0 radical (unpaired) electrons. The molecule has 0 unspecified atom stereocenters. The molecule has 0 atom stereocenters. The Kier molecular flexibility index (Phi) is 5.64. The standard InChI is InChI=1S/C16H15FN6O2S/c1-10-4-5-11(17)7-13(10)19-14(24)9-26-16-20-15(22-23-16)21-18-8-12-3-2-6-25-12/h2-8H,9H2,1H3,(H,19,24)(H2,20,21,22,23)/b18-8-. The molecule has 0 fully saturated rings. The Bertz CT molecular complexity index is 909. The van der Waals surface area contributed by atoms with Gasteiger partial charge in [0.05, 0.1) is 18.2 Å². The third-order valence-electron chi connectivity index (χ3n) is 3.18. The van der Waals surface area contributed by atoms with Crippen molar-refractivity contribution in [3.05, 3.63) is 53.7 Å². The van der Waals surface area contributed by atoms with Crippen LogP contribution in [0.15, 0.2) is 51.3 Å². The van der Waals surface area contributed by atoms with Crippen LogP contribution in [0, 0.1) is 12.7 Å². The molecule has 2 aromatic heterocycles. The summed E-state index contributed by atoms with van der Waals surface area (Å²) in [5.41, 5.74) is 3.89. The van der Waals surface area contributed by atoms with Crippen LogP contribution in [-0.4, -0.2) is 33.1 Å². The van der Waals surface area contributed by atoms with Crippen molar-refractivity contribution in [2.75, 3.05) is 16.5 Å². The molecule has 0 spiro atoms. The molecule has 8 nitrogen and oxygen atoms in total. The smallest absolute Gasteiger partial charge is 0.240 e. The lowest BCUT2D eigenvalue weighted by atomic mass is 10.2. The first kappa shape index (κ1) is 17.7. The van der Waals surface area contributed by atoms with Crippen LogP contribution in [0.3, 0.4) is 0 Å². The molecule has 0 aliphatic rings. The molecule has 10 heteroatoms. The third kappa shape index (κ3) is 4.93. The van der Waals surface area contributed by atoms with E-state index >= 15 is 0 Å². The maximum atomic E-state index is 13.2. The lowest BCUT2D eigenvalue weighted by Gasteiger charge is -2.07.